The quantitative estimate of drug-likeness (QED) is 0.409. The van der Waals surface area contributed by atoms with Crippen LogP contribution in [-0.2, 0) is 4.79 Å². The first-order chi connectivity index (χ1) is 10.4. The fourth-order valence-electron chi connectivity index (χ4n) is 2.68. The molecule has 2 heteroatoms. The van der Waals surface area contributed by atoms with Crippen LogP contribution in [0.25, 0.3) is 0 Å². The number of rotatable bonds is 13. The summed E-state index contributed by atoms with van der Waals surface area (Å²) in [7, 11) is 0. The van der Waals surface area contributed by atoms with Gasteiger partial charge < -0.3 is 5.11 Å². The fourth-order valence-corrected chi connectivity index (χ4v) is 2.68. The van der Waals surface area contributed by atoms with Gasteiger partial charge in [0.15, 0.2) is 0 Å². The van der Waals surface area contributed by atoms with Crippen molar-refractivity contribution in [1.29, 1.82) is 0 Å². The summed E-state index contributed by atoms with van der Waals surface area (Å²) in [6.07, 6.45) is 13.5. The van der Waals surface area contributed by atoms with Gasteiger partial charge in [0.25, 0.3) is 0 Å². The normalized spacial score (nSPS) is 16.1. The van der Waals surface area contributed by atoms with Crippen molar-refractivity contribution >= 4 is 5.97 Å². The van der Waals surface area contributed by atoms with Gasteiger partial charge in [-0.3, -0.25) is 4.79 Å². The van der Waals surface area contributed by atoms with Gasteiger partial charge in [-0.1, -0.05) is 77.2 Å². The second kappa shape index (κ2) is 12.5. The monoisotopic (exact) mass is 308 g/mol. The third kappa shape index (κ3) is 11.6. The first-order valence-corrected chi connectivity index (χ1v) is 8.88. The summed E-state index contributed by atoms with van der Waals surface area (Å²) in [5.74, 6) is 0.644. The molecule has 2 nitrogen and oxygen atoms in total. The van der Waals surface area contributed by atoms with Gasteiger partial charge in [-0.15, -0.1) is 0 Å². The van der Waals surface area contributed by atoms with Crippen molar-refractivity contribution in [3.8, 4) is 0 Å². The number of allylic oxidation sites excluding steroid dienone is 3. The van der Waals surface area contributed by atoms with Crippen LogP contribution < -0.4 is 0 Å². The molecular weight excluding hydrogens is 272 g/mol. The molecule has 0 heterocycles. The molecule has 128 valence electrons. The van der Waals surface area contributed by atoms with Crippen LogP contribution in [0.5, 0.6) is 0 Å². The zero-order valence-electron chi connectivity index (χ0n) is 15.1. The lowest BCUT2D eigenvalue weighted by atomic mass is 9.92. The Labute approximate surface area is 137 Å². The van der Waals surface area contributed by atoms with E-state index in [-0.39, 0.29) is 5.92 Å². The number of hydrogen-bond donors (Lipinski definition) is 1. The largest absolute Gasteiger partial charge is 0.481 e. The van der Waals surface area contributed by atoms with Crippen LogP contribution in [-0.4, -0.2) is 11.1 Å². The van der Waals surface area contributed by atoms with Crippen molar-refractivity contribution in [3.63, 3.8) is 0 Å². The third-order valence-electron chi connectivity index (χ3n) is 4.60. The summed E-state index contributed by atoms with van der Waals surface area (Å²) in [5, 5.41) is 8.86. The van der Waals surface area contributed by atoms with Crippen LogP contribution in [0.4, 0.5) is 0 Å². The van der Waals surface area contributed by atoms with E-state index in [1.807, 2.05) is 6.08 Å². The highest BCUT2D eigenvalue weighted by atomic mass is 16.4. The van der Waals surface area contributed by atoms with Crippen molar-refractivity contribution in [2.45, 2.75) is 79.1 Å². The second-order valence-electron chi connectivity index (χ2n) is 7.04. The molecule has 0 aliphatic heterocycles. The van der Waals surface area contributed by atoms with E-state index in [0.29, 0.717) is 0 Å². The van der Waals surface area contributed by atoms with Crippen molar-refractivity contribution in [2.24, 2.45) is 17.8 Å². The van der Waals surface area contributed by atoms with Crippen LogP contribution in [0.3, 0.4) is 0 Å². The zero-order valence-corrected chi connectivity index (χ0v) is 15.1. The summed E-state index contributed by atoms with van der Waals surface area (Å²) in [6.45, 7) is 12.3. The highest BCUT2D eigenvalue weighted by molar-refractivity contribution is 5.69. The minimum absolute atomic E-state index is 0.195. The first kappa shape index (κ1) is 20.9. The van der Waals surface area contributed by atoms with Gasteiger partial charge in [0.05, 0.1) is 5.92 Å². The molecule has 3 atom stereocenters. The van der Waals surface area contributed by atoms with Gasteiger partial charge in [-0.25, -0.2) is 0 Å². The van der Waals surface area contributed by atoms with Gasteiger partial charge in [0, 0.05) is 0 Å². The van der Waals surface area contributed by atoms with E-state index in [0.717, 1.165) is 37.5 Å². The van der Waals surface area contributed by atoms with Crippen molar-refractivity contribution in [3.05, 3.63) is 24.3 Å². The Kier molecular flexibility index (Phi) is 11.9. The van der Waals surface area contributed by atoms with E-state index in [1.165, 1.54) is 31.3 Å². The molecule has 1 N–H and O–H groups in total. The van der Waals surface area contributed by atoms with Gasteiger partial charge in [0.1, 0.15) is 0 Å². The molecule has 0 saturated carbocycles. The summed E-state index contributed by atoms with van der Waals surface area (Å²) in [5.41, 5.74) is 1.27. The highest BCUT2D eigenvalue weighted by Gasteiger charge is 2.11. The molecule has 0 aromatic rings. The molecule has 0 saturated heterocycles. The lowest BCUT2D eigenvalue weighted by Crippen LogP contribution is -2.09. The smallest absolute Gasteiger partial charge is 0.306 e. The van der Waals surface area contributed by atoms with Crippen LogP contribution in [0.1, 0.15) is 79.1 Å². The number of carboxylic acids is 1. The molecule has 3 unspecified atom stereocenters. The van der Waals surface area contributed by atoms with Crippen LogP contribution in [0, 0.1) is 17.8 Å². The molecule has 0 aliphatic rings. The molecule has 0 radical (unpaired) electrons. The minimum atomic E-state index is -0.665. The Hall–Kier alpha value is -1.05. The van der Waals surface area contributed by atoms with E-state index in [1.54, 1.807) is 6.92 Å². The molecule has 0 aliphatic carbocycles. The Balaban J connectivity index is 3.64. The maximum Gasteiger partial charge on any atom is 0.306 e. The maximum absolute atomic E-state index is 10.8. The Morgan fingerprint density at radius 3 is 2.00 bits per heavy atom. The summed E-state index contributed by atoms with van der Waals surface area (Å²) >= 11 is 0. The number of hydrogen-bond acceptors (Lipinski definition) is 1. The molecule has 0 aromatic carbocycles. The van der Waals surface area contributed by atoms with Gasteiger partial charge in [-0.05, 0) is 38.0 Å². The van der Waals surface area contributed by atoms with Crippen LogP contribution in [0.15, 0.2) is 24.3 Å². The highest BCUT2D eigenvalue weighted by Crippen LogP contribution is 2.21. The number of carbonyl (C=O) groups is 1. The minimum Gasteiger partial charge on any atom is -0.481 e. The number of carboxylic acid groups (broad SMARTS) is 1. The standard InChI is InChI=1S/C20H36O2/c1-6-16(2)10-7-11-17(3)12-8-13-18(4)14-9-15-19(5)20(21)22/h6,10,17-19H,1,7-9,11-15H2,2-5H3,(H,21,22). The number of aliphatic carboxylic acids is 1. The average molecular weight is 309 g/mol. The van der Waals surface area contributed by atoms with Gasteiger partial charge in [-0.2, -0.15) is 0 Å². The van der Waals surface area contributed by atoms with Crippen LogP contribution in [0.2, 0.25) is 0 Å². The summed E-state index contributed by atoms with van der Waals surface area (Å²) in [6, 6.07) is 0. The summed E-state index contributed by atoms with van der Waals surface area (Å²) in [4.78, 5) is 10.8. The summed E-state index contributed by atoms with van der Waals surface area (Å²) < 4.78 is 0. The second-order valence-corrected chi connectivity index (χ2v) is 7.04. The van der Waals surface area contributed by atoms with E-state index in [4.69, 9.17) is 5.11 Å². The molecule has 0 spiro atoms. The third-order valence-corrected chi connectivity index (χ3v) is 4.60. The lowest BCUT2D eigenvalue weighted by molar-refractivity contribution is -0.141. The molecule has 0 fully saturated rings. The Morgan fingerprint density at radius 1 is 1.00 bits per heavy atom. The Bertz CT molecular complexity index is 344. The predicted octanol–water partition coefficient (Wildman–Crippen LogP) is 6.23. The molecule has 0 bridgehead atoms. The zero-order chi connectivity index (χ0) is 17.0. The Morgan fingerprint density at radius 2 is 1.50 bits per heavy atom. The van der Waals surface area contributed by atoms with Crippen LogP contribution >= 0.6 is 0 Å². The topological polar surface area (TPSA) is 37.3 Å². The fraction of sp³-hybridized carbons (Fsp3) is 0.750. The van der Waals surface area contributed by atoms with E-state index in [9.17, 15) is 4.79 Å². The van der Waals surface area contributed by atoms with Gasteiger partial charge >= 0.3 is 5.97 Å². The van der Waals surface area contributed by atoms with E-state index in [2.05, 4.69) is 33.4 Å². The van der Waals surface area contributed by atoms with Gasteiger partial charge in [0.2, 0.25) is 0 Å². The van der Waals surface area contributed by atoms with Crippen molar-refractivity contribution in [1.82, 2.24) is 0 Å². The lowest BCUT2D eigenvalue weighted by Gasteiger charge is -2.14. The maximum atomic E-state index is 10.8. The molecule has 0 rings (SSSR count). The van der Waals surface area contributed by atoms with E-state index < -0.39 is 5.97 Å². The predicted molar refractivity (Wildman–Crippen MR) is 96.0 cm³/mol. The molecule has 22 heavy (non-hydrogen) atoms. The average Bonchev–Trinajstić information content (AvgIpc) is 2.46. The molecule has 0 aromatic heterocycles. The first-order valence-electron chi connectivity index (χ1n) is 8.88. The molecular formula is C20H36O2. The van der Waals surface area contributed by atoms with E-state index >= 15 is 0 Å². The molecule has 0 amide bonds. The van der Waals surface area contributed by atoms with Crippen molar-refractivity contribution in [2.75, 3.05) is 0 Å². The SMILES string of the molecule is C=CC(C)=CCCC(C)CCCC(C)CCCC(C)C(=O)O. The van der Waals surface area contributed by atoms with Crippen molar-refractivity contribution < 1.29 is 9.90 Å².